The van der Waals surface area contributed by atoms with E-state index >= 15 is 0 Å². The topological polar surface area (TPSA) is 92.9 Å². The molecule has 11 heteroatoms. The van der Waals surface area contributed by atoms with Crippen molar-refractivity contribution in [2.75, 3.05) is 77.5 Å². The van der Waals surface area contributed by atoms with Gasteiger partial charge in [-0.1, -0.05) is 13.8 Å². The molecule has 9 nitrogen and oxygen atoms in total. The molecule has 204 valence electrons. The minimum absolute atomic E-state index is 0.425. The average Bonchev–Trinajstić information content (AvgIpc) is 3.22. The van der Waals surface area contributed by atoms with Gasteiger partial charge in [-0.25, -0.2) is 15.0 Å². The van der Waals surface area contributed by atoms with Gasteiger partial charge in [0.15, 0.2) is 0 Å². The van der Waals surface area contributed by atoms with Crippen molar-refractivity contribution in [1.82, 2.24) is 24.8 Å². The number of anilines is 2. The van der Waals surface area contributed by atoms with Crippen LogP contribution in [0.3, 0.4) is 0 Å². The fraction of sp³-hybridized carbons (Fsp3) is 0.577. The van der Waals surface area contributed by atoms with Crippen molar-refractivity contribution in [1.29, 1.82) is 0 Å². The summed E-state index contributed by atoms with van der Waals surface area (Å²) in [4.78, 5) is 22.8. The van der Waals surface area contributed by atoms with E-state index in [1.807, 2.05) is 19.9 Å². The molecule has 2 aliphatic rings. The molecular weight excluding hydrogens is 506 g/mol. The summed E-state index contributed by atoms with van der Waals surface area (Å²) in [6, 6.07) is 2.51. The standard InChI is InChI=1S/C23H31N7O2S.C2H6.CH4S/c1-14-17(13-29-11-16(12-29)28(2)3)20-21(33-14)19(15-9-18(24)22(31-4)25-10-15)26-23(27-20)30-5-7-32-8-6-30;2*1-2/h9-10,16H,5-8,11-13,24H2,1-4H3;1-2H3;2H,1H3. The van der Waals surface area contributed by atoms with E-state index in [0.29, 0.717) is 30.8 Å². The van der Waals surface area contributed by atoms with E-state index in [0.717, 1.165) is 60.1 Å². The Morgan fingerprint density at radius 2 is 1.86 bits per heavy atom. The number of methoxy groups -OCH3 is 1. The van der Waals surface area contributed by atoms with Crippen LogP contribution in [-0.4, -0.2) is 97.6 Å². The second-order valence-electron chi connectivity index (χ2n) is 8.92. The van der Waals surface area contributed by atoms with Gasteiger partial charge in [0.25, 0.3) is 0 Å². The first-order valence-corrected chi connectivity index (χ1v) is 14.4. The van der Waals surface area contributed by atoms with Gasteiger partial charge in [0.05, 0.1) is 41.9 Å². The fourth-order valence-electron chi connectivity index (χ4n) is 4.40. The molecule has 2 aliphatic heterocycles. The summed E-state index contributed by atoms with van der Waals surface area (Å²) in [5.41, 5.74) is 10.8. The first kappa shape index (κ1) is 29.4. The maximum absolute atomic E-state index is 6.19. The number of nitrogens with two attached hydrogens (primary N) is 1. The summed E-state index contributed by atoms with van der Waals surface area (Å²) in [6.07, 6.45) is 3.48. The zero-order valence-electron chi connectivity index (χ0n) is 23.1. The molecule has 37 heavy (non-hydrogen) atoms. The average molecular weight is 548 g/mol. The Kier molecular flexibility index (Phi) is 10.8. The van der Waals surface area contributed by atoms with Crippen molar-refractivity contribution >= 4 is 45.8 Å². The number of fused-ring (bicyclic) bond motifs is 1. The number of thiol groups is 1. The van der Waals surface area contributed by atoms with Crippen molar-refractivity contribution in [2.45, 2.75) is 33.4 Å². The zero-order chi connectivity index (χ0) is 27.1. The number of hydrogen-bond acceptors (Lipinski definition) is 11. The van der Waals surface area contributed by atoms with Crippen LogP contribution in [0, 0.1) is 6.92 Å². The molecule has 2 N–H and O–H groups in total. The molecule has 3 aromatic rings. The predicted molar refractivity (Wildman–Crippen MR) is 158 cm³/mol. The van der Waals surface area contributed by atoms with Crippen LogP contribution in [0.5, 0.6) is 5.88 Å². The fourth-order valence-corrected chi connectivity index (χ4v) is 5.52. The van der Waals surface area contributed by atoms with Crippen molar-refractivity contribution < 1.29 is 9.47 Å². The first-order chi connectivity index (χ1) is 17.9. The Balaban J connectivity index is 0.000000907. The van der Waals surface area contributed by atoms with Gasteiger partial charge in [0.1, 0.15) is 0 Å². The molecule has 2 saturated heterocycles. The third-order valence-electron chi connectivity index (χ3n) is 6.51. The Morgan fingerprint density at radius 1 is 1.19 bits per heavy atom. The lowest BCUT2D eigenvalue weighted by atomic mass is 10.1. The SMILES string of the molecule is CC.COc1ncc(-c2nc(N3CCOCC3)nc3c(CN4CC(N(C)C)C4)c(C)sc23)cc1N.CS. The summed E-state index contributed by atoms with van der Waals surface area (Å²) in [5, 5.41) is 0. The third kappa shape index (κ3) is 6.46. The number of nitrogens with zero attached hydrogens (tertiary/aromatic N) is 6. The molecule has 0 amide bonds. The monoisotopic (exact) mass is 547 g/mol. The normalized spacial score (nSPS) is 16.1. The number of rotatable bonds is 6. The summed E-state index contributed by atoms with van der Waals surface area (Å²) in [5.74, 6) is 1.16. The Bertz CT molecular complexity index is 1160. The molecule has 5 rings (SSSR count). The smallest absolute Gasteiger partial charge is 0.236 e. The Labute approximate surface area is 230 Å². The van der Waals surface area contributed by atoms with E-state index in [4.69, 9.17) is 25.2 Å². The largest absolute Gasteiger partial charge is 0.480 e. The minimum atomic E-state index is 0.425. The summed E-state index contributed by atoms with van der Waals surface area (Å²) < 4.78 is 11.9. The van der Waals surface area contributed by atoms with E-state index < -0.39 is 0 Å². The molecule has 2 fully saturated rings. The third-order valence-corrected chi connectivity index (χ3v) is 7.65. The lowest BCUT2D eigenvalue weighted by Crippen LogP contribution is -2.56. The van der Waals surface area contributed by atoms with Crippen LogP contribution in [0.2, 0.25) is 0 Å². The number of thiophene rings is 1. The van der Waals surface area contributed by atoms with Gasteiger partial charge in [-0.2, -0.15) is 12.6 Å². The van der Waals surface area contributed by atoms with Crippen LogP contribution in [0.4, 0.5) is 11.6 Å². The highest BCUT2D eigenvalue weighted by Crippen LogP contribution is 2.39. The molecule has 5 heterocycles. The zero-order valence-corrected chi connectivity index (χ0v) is 24.8. The van der Waals surface area contributed by atoms with Gasteiger partial charge in [-0.3, -0.25) is 4.90 Å². The van der Waals surface area contributed by atoms with Crippen LogP contribution in [-0.2, 0) is 11.3 Å². The molecule has 3 aromatic heterocycles. The Morgan fingerprint density at radius 3 is 2.46 bits per heavy atom. The molecule has 0 bridgehead atoms. The number of ether oxygens (including phenoxy) is 2. The number of pyridine rings is 1. The molecule has 0 aromatic carbocycles. The molecular formula is C26H41N7O2S2. The van der Waals surface area contributed by atoms with Crippen molar-refractivity contribution in [3.8, 4) is 17.1 Å². The minimum Gasteiger partial charge on any atom is -0.480 e. The van der Waals surface area contributed by atoms with Gasteiger partial charge in [-0.05, 0) is 33.3 Å². The maximum Gasteiger partial charge on any atom is 0.236 e. The maximum atomic E-state index is 6.19. The summed E-state index contributed by atoms with van der Waals surface area (Å²) in [6.45, 7) is 12.2. The van der Waals surface area contributed by atoms with Crippen LogP contribution in [0.25, 0.3) is 21.5 Å². The van der Waals surface area contributed by atoms with Crippen molar-refractivity contribution in [3.05, 3.63) is 22.7 Å². The van der Waals surface area contributed by atoms with Gasteiger partial charge in [0, 0.05) is 61.0 Å². The van der Waals surface area contributed by atoms with Crippen LogP contribution < -0.4 is 15.4 Å². The lowest BCUT2D eigenvalue weighted by molar-refractivity contribution is 0.0576. The molecule has 0 spiro atoms. The lowest BCUT2D eigenvalue weighted by Gasteiger charge is -2.42. The highest BCUT2D eigenvalue weighted by Gasteiger charge is 2.30. The number of aromatic nitrogens is 3. The molecule has 0 radical (unpaired) electrons. The van der Waals surface area contributed by atoms with Crippen LogP contribution >= 0.6 is 24.0 Å². The van der Waals surface area contributed by atoms with E-state index in [9.17, 15) is 0 Å². The number of hydrogen-bond donors (Lipinski definition) is 2. The van der Waals surface area contributed by atoms with Gasteiger partial charge >= 0.3 is 0 Å². The van der Waals surface area contributed by atoms with Crippen molar-refractivity contribution in [2.24, 2.45) is 0 Å². The molecule has 0 unspecified atom stereocenters. The van der Waals surface area contributed by atoms with Crippen molar-refractivity contribution in [3.63, 3.8) is 0 Å². The van der Waals surface area contributed by atoms with E-state index in [1.54, 1.807) is 30.9 Å². The highest BCUT2D eigenvalue weighted by atomic mass is 32.1. The quantitative estimate of drug-likeness (QED) is 0.447. The highest BCUT2D eigenvalue weighted by molar-refractivity contribution is 7.79. The number of morpholine rings is 1. The second-order valence-corrected chi connectivity index (χ2v) is 10.1. The summed E-state index contributed by atoms with van der Waals surface area (Å²) >= 11 is 5.28. The van der Waals surface area contributed by atoms with E-state index in [1.165, 1.54) is 10.4 Å². The van der Waals surface area contributed by atoms with Gasteiger partial charge < -0.3 is 25.0 Å². The molecule has 0 atom stereocenters. The number of likely N-dealkylation sites (tertiary alicyclic amines) is 1. The first-order valence-electron chi connectivity index (χ1n) is 12.7. The molecule has 0 aliphatic carbocycles. The number of nitrogen functional groups attached to an aromatic ring is 1. The van der Waals surface area contributed by atoms with Gasteiger partial charge in [0.2, 0.25) is 11.8 Å². The Hall–Kier alpha value is -2.18. The molecule has 0 saturated carbocycles. The van der Waals surface area contributed by atoms with E-state index in [2.05, 4.69) is 53.3 Å². The van der Waals surface area contributed by atoms with Crippen LogP contribution in [0.1, 0.15) is 24.3 Å². The summed E-state index contributed by atoms with van der Waals surface area (Å²) in [7, 11) is 5.87. The van der Waals surface area contributed by atoms with E-state index in [-0.39, 0.29) is 0 Å². The van der Waals surface area contributed by atoms with Gasteiger partial charge in [-0.15, -0.1) is 11.3 Å². The predicted octanol–water partition coefficient (Wildman–Crippen LogP) is 3.81. The second kappa shape index (κ2) is 13.6. The van der Waals surface area contributed by atoms with Crippen LogP contribution in [0.15, 0.2) is 12.3 Å². The number of likely N-dealkylation sites (N-methyl/N-ethyl adjacent to an activating group) is 1. The number of aryl methyl sites for hydroxylation is 1.